The molecular formula is C15H17BrN4O4S. The number of anilines is 2. The first-order valence-electron chi connectivity index (χ1n) is 7.17. The van der Waals surface area contributed by atoms with Gasteiger partial charge >= 0.3 is 0 Å². The molecule has 0 bridgehead atoms. The second-order valence-electron chi connectivity index (χ2n) is 4.93. The molecule has 0 saturated carbocycles. The number of halogens is 1. The van der Waals surface area contributed by atoms with Crippen molar-refractivity contribution in [1.82, 2.24) is 9.71 Å². The SMILES string of the molecule is COc1ccccc1NC(=O)CCNS(=O)(=O)c1cc(Br)cnc1N. The lowest BCUT2D eigenvalue weighted by atomic mass is 10.3. The molecule has 0 saturated heterocycles. The summed E-state index contributed by atoms with van der Waals surface area (Å²) < 4.78 is 32.4. The molecule has 0 aliphatic heterocycles. The number of sulfonamides is 1. The van der Waals surface area contributed by atoms with Crippen LogP contribution in [-0.4, -0.2) is 33.0 Å². The Balaban J connectivity index is 1.95. The molecule has 0 spiro atoms. The van der Waals surface area contributed by atoms with Crippen LogP contribution >= 0.6 is 15.9 Å². The highest BCUT2D eigenvalue weighted by Crippen LogP contribution is 2.23. The molecule has 0 aliphatic carbocycles. The van der Waals surface area contributed by atoms with Gasteiger partial charge in [-0.2, -0.15) is 0 Å². The third-order valence-corrected chi connectivity index (χ3v) is 5.09. The van der Waals surface area contributed by atoms with Gasteiger partial charge in [-0.05, 0) is 34.1 Å². The Morgan fingerprint density at radius 1 is 1.36 bits per heavy atom. The van der Waals surface area contributed by atoms with Crippen molar-refractivity contribution in [1.29, 1.82) is 0 Å². The zero-order valence-electron chi connectivity index (χ0n) is 13.3. The summed E-state index contributed by atoms with van der Waals surface area (Å²) in [5.74, 6) is 0.0473. The van der Waals surface area contributed by atoms with Gasteiger partial charge in [0.25, 0.3) is 0 Å². The Kier molecular flexibility index (Phi) is 6.34. The third kappa shape index (κ3) is 5.15. The molecule has 0 radical (unpaired) electrons. The lowest BCUT2D eigenvalue weighted by Crippen LogP contribution is -2.28. The van der Waals surface area contributed by atoms with Crippen LogP contribution in [0.15, 0.2) is 45.9 Å². The Morgan fingerprint density at radius 3 is 2.80 bits per heavy atom. The topological polar surface area (TPSA) is 123 Å². The molecule has 0 unspecified atom stereocenters. The molecule has 1 aromatic carbocycles. The van der Waals surface area contributed by atoms with Gasteiger partial charge in [0.05, 0.1) is 12.8 Å². The van der Waals surface area contributed by atoms with Crippen molar-refractivity contribution < 1.29 is 17.9 Å². The highest BCUT2D eigenvalue weighted by Gasteiger charge is 2.19. The minimum atomic E-state index is -3.87. The number of para-hydroxylation sites is 2. The van der Waals surface area contributed by atoms with E-state index in [2.05, 4.69) is 31.0 Å². The summed E-state index contributed by atoms with van der Waals surface area (Å²) in [7, 11) is -2.37. The van der Waals surface area contributed by atoms with Crippen molar-refractivity contribution in [3.05, 3.63) is 41.0 Å². The van der Waals surface area contributed by atoms with E-state index in [0.717, 1.165) is 0 Å². The van der Waals surface area contributed by atoms with E-state index < -0.39 is 10.0 Å². The first-order chi connectivity index (χ1) is 11.8. The van der Waals surface area contributed by atoms with E-state index in [4.69, 9.17) is 10.5 Å². The highest BCUT2D eigenvalue weighted by atomic mass is 79.9. The molecule has 0 fully saturated rings. The van der Waals surface area contributed by atoms with Crippen molar-refractivity contribution in [2.75, 3.05) is 24.7 Å². The summed E-state index contributed by atoms with van der Waals surface area (Å²) in [6.45, 7) is -0.0880. The molecule has 1 amide bonds. The van der Waals surface area contributed by atoms with E-state index >= 15 is 0 Å². The fraction of sp³-hybridized carbons (Fsp3) is 0.200. The average molecular weight is 429 g/mol. The van der Waals surface area contributed by atoms with Gasteiger partial charge in [-0.1, -0.05) is 12.1 Å². The molecule has 25 heavy (non-hydrogen) atoms. The molecule has 0 aliphatic rings. The molecule has 4 N–H and O–H groups in total. The van der Waals surface area contributed by atoms with Crippen LogP contribution in [0.3, 0.4) is 0 Å². The van der Waals surface area contributed by atoms with Crippen molar-refractivity contribution in [3.63, 3.8) is 0 Å². The molecule has 8 nitrogen and oxygen atoms in total. The zero-order valence-corrected chi connectivity index (χ0v) is 15.7. The Labute approximate surface area is 154 Å². The Morgan fingerprint density at radius 2 is 2.08 bits per heavy atom. The number of carbonyl (C=O) groups excluding carboxylic acids is 1. The molecule has 2 rings (SSSR count). The summed E-state index contributed by atoms with van der Waals surface area (Å²) in [5.41, 5.74) is 6.11. The summed E-state index contributed by atoms with van der Waals surface area (Å²) in [4.78, 5) is 15.6. The standard InChI is InChI=1S/C15H17BrN4O4S/c1-24-12-5-3-2-4-11(12)20-14(21)6-7-19-25(22,23)13-8-10(16)9-18-15(13)17/h2-5,8-9,19H,6-7H2,1H3,(H2,17,18)(H,20,21). The smallest absolute Gasteiger partial charge is 0.244 e. The minimum Gasteiger partial charge on any atom is -0.495 e. The van der Waals surface area contributed by atoms with Gasteiger partial charge in [0, 0.05) is 23.6 Å². The largest absolute Gasteiger partial charge is 0.495 e. The van der Waals surface area contributed by atoms with E-state index in [1.54, 1.807) is 24.3 Å². The van der Waals surface area contributed by atoms with Crippen LogP contribution in [0, 0.1) is 0 Å². The number of amides is 1. The lowest BCUT2D eigenvalue weighted by Gasteiger charge is -2.11. The van der Waals surface area contributed by atoms with Gasteiger partial charge in [-0.25, -0.2) is 18.1 Å². The molecule has 10 heteroatoms. The number of nitrogens with one attached hydrogen (secondary N) is 2. The number of benzene rings is 1. The summed E-state index contributed by atoms with van der Waals surface area (Å²) >= 11 is 3.14. The summed E-state index contributed by atoms with van der Waals surface area (Å²) in [6, 6.07) is 8.28. The van der Waals surface area contributed by atoms with Crippen LogP contribution in [0.1, 0.15) is 6.42 Å². The normalized spacial score (nSPS) is 11.1. The maximum atomic E-state index is 12.2. The van der Waals surface area contributed by atoms with Crippen LogP contribution in [0.25, 0.3) is 0 Å². The van der Waals surface area contributed by atoms with Crippen molar-refractivity contribution in [2.24, 2.45) is 0 Å². The second kappa shape index (κ2) is 8.28. The van der Waals surface area contributed by atoms with Crippen molar-refractivity contribution in [3.8, 4) is 5.75 Å². The van der Waals surface area contributed by atoms with Gasteiger partial charge in [0.1, 0.15) is 16.5 Å². The number of pyridine rings is 1. The van der Waals surface area contributed by atoms with Crippen molar-refractivity contribution >= 4 is 43.4 Å². The summed E-state index contributed by atoms with van der Waals surface area (Å²) in [6.07, 6.45) is 1.34. The van der Waals surface area contributed by atoms with E-state index in [0.29, 0.717) is 15.9 Å². The molecule has 1 aromatic heterocycles. The van der Waals surface area contributed by atoms with E-state index in [-0.39, 0.29) is 29.6 Å². The quantitative estimate of drug-likeness (QED) is 0.616. The third-order valence-electron chi connectivity index (χ3n) is 3.16. The predicted octanol–water partition coefficient (Wildman–Crippen LogP) is 1.74. The number of carbonyl (C=O) groups is 1. The first-order valence-corrected chi connectivity index (χ1v) is 9.44. The van der Waals surface area contributed by atoms with Crippen LogP contribution in [0.4, 0.5) is 11.5 Å². The van der Waals surface area contributed by atoms with Crippen molar-refractivity contribution in [2.45, 2.75) is 11.3 Å². The van der Waals surface area contributed by atoms with E-state index in [1.165, 1.54) is 19.4 Å². The Hall–Kier alpha value is -2.17. The van der Waals surface area contributed by atoms with E-state index in [9.17, 15) is 13.2 Å². The lowest BCUT2D eigenvalue weighted by molar-refractivity contribution is -0.116. The number of methoxy groups -OCH3 is 1. The summed E-state index contributed by atoms with van der Waals surface area (Å²) in [5, 5.41) is 2.66. The maximum absolute atomic E-state index is 12.2. The Bertz CT molecular complexity index is 874. The number of nitrogens with two attached hydrogens (primary N) is 1. The number of hydrogen-bond donors (Lipinski definition) is 3. The average Bonchev–Trinajstić information content (AvgIpc) is 2.57. The number of rotatable bonds is 7. The number of aromatic nitrogens is 1. The fourth-order valence-electron chi connectivity index (χ4n) is 1.98. The fourth-order valence-corrected chi connectivity index (χ4v) is 3.60. The molecule has 0 atom stereocenters. The second-order valence-corrected chi connectivity index (χ2v) is 7.58. The van der Waals surface area contributed by atoms with Crippen LogP contribution in [-0.2, 0) is 14.8 Å². The van der Waals surface area contributed by atoms with Gasteiger partial charge in [-0.3, -0.25) is 4.79 Å². The molecule has 134 valence electrons. The van der Waals surface area contributed by atoms with Crippen LogP contribution in [0.2, 0.25) is 0 Å². The highest BCUT2D eigenvalue weighted by molar-refractivity contribution is 9.10. The maximum Gasteiger partial charge on any atom is 0.244 e. The van der Waals surface area contributed by atoms with Gasteiger partial charge in [0.2, 0.25) is 15.9 Å². The predicted molar refractivity (Wildman–Crippen MR) is 97.8 cm³/mol. The van der Waals surface area contributed by atoms with Crippen LogP contribution in [0.5, 0.6) is 5.75 Å². The van der Waals surface area contributed by atoms with Gasteiger partial charge < -0.3 is 15.8 Å². The molecule has 2 aromatic rings. The zero-order chi connectivity index (χ0) is 18.4. The van der Waals surface area contributed by atoms with Gasteiger partial charge in [0.15, 0.2) is 0 Å². The number of nitrogen functional groups attached to an aromatic ring is 1. The monoisotopic (exact) mass is 428 g/mol. The number of hydrogen-bond acceptors (Lipinski definition) is 6. The van der Waals surface area contributed by atoms with Gasteiger partial charge in [-0.15, -0.1) is 0 Å². The van der Waals surface area contributed by atoms with E-state index in [1.807, 2.05) is 0 Å². The molecule has 1 heterocycles. The first kappa shape index (κ1) is 19.2. The minimum absolute atomic E-state index is 0.0569. The number of ether oxygens (including phenoxy) is 1. The molecular weight excluding hydrogens is 412 g/mol. The number of nitrogens with zero attached hydrogens (tertiary/aromatic N) is 1. The van der Waals surface area contributed by atoms with Crippen LogP contribution < -0.4 is 20.5 Å².